The van der Waals surface area contributed by atoms with Crippen LogP contribution in [0.4, 0.5) is 0 Å². The number of nitrogens with zero attached hydrogens (tertiary/aromatic N) is 2. The summed E-state index contributed by atoms with van der Waals surface area (Å²) in [6.07, 6.45) is 1.73. The van der Waals surface area contributed by atoms with Gasteiger partial charge in [-0.15, -0.1) is 0 Å². The number of fused-ring (bicyclic) bond motifs is 2. The van der Waals surface area contributed by atoms with E-state index in [4.69, 9.17) is 21.3 Å². The molecule has 0 saturated carbocycles. The van der Waals surface area contributed by atoms with Crippen molar-refractivity contribution in [1.82, 2.24) is 9.55 Å². The lowest BCUT2D eigenvalue weighted by molar-refractivity contribution is 0.190. The minimum absolute atomic E-state index is 0.730. The molecule has 0 atom stereocenters. The molecule has 1 heterocycles. The predicted molar refractivity (Wildman–Crippen MR) is 108 cm³/mol. The standard InChI is InChI=1S/C22H21ClN2O/c1-26-13-5-12-25-21-15-18(23)10-11-20(21)24-22(25)14-17-8-4-7-16-6-2-3-9-19(16)17/h2-4,6-11,15H,5,12-14H2,1H3. The van der Waals surface area contributed by atoms with E-state index in [1.165, 1.54) is 16.3 Å². The lowest BCUT2D eigenvalue weighted by Crippen LogP contribution is -2.07. The monoisotopic (exact) mass is 364 g/mol. The Bertz CT molecular complexity index is 1050. The van der Waals surface area contributed by atoms with Gasteiger partial charge in [-0.3, -0.25) is 0 Å². The molecule has 0 saturated heterocycles. The van der Waals surface area contributed by atoms with E-state index in [0.717, 1.165) is 47.9 Å². The average Bonchev–Trinajstić information content (AvgIpc) is 2.99. The first-order valence-electron chi connectivity index (χ1n) is 8.86. The summed E-state index contributed by atoms with van der Waals surface area (Å²) in [6.45, 7) is 1.60. The Labute approximate surface area is 158 Å². The van der Waals surface area contributed by atoms with Crippen molar-refractivity contribution in [3.63, 3.8) is 0 Å². The van der Waals surface area contributed by atoms with Crippen LogP contribution in [-0.4, -0.2) is 23.3 Å². The first-order chi connectivity index (χ1) is 12.8. The molecule has 4 rings (SSSR count). The Hall–Kier alpha value is -2.36. The zero-order chi connectivity index (χ0) is 17.9. The van der Waals surface area contributed by atoms with Crippen molar-refractivity contribution in [2.45, 2.75) is 19.4 Å². The lowest BCUT2D eigenvalue weighted by Gasteiger charge is -2.11. The highest BCUT2D eigenvalue weighted by atomic mass is 35.5. The number of imidazole rings is 1. The highest BCUT2D eigenvalue weighted by molar-refractivity contribution is 6.31. The Morgan fingerprint density at radius 3 is 2.77 bits per heavy atom. The molecular formula is C22H21ClN2O. The molecule has 0 aliphatic rings. The predicted octanol–water partition coefficient (Wildman–Crippen LogP) is 5.47. The van der Waals surface area contributed by atoms with Crippen LogP contribution in [0.5, 0.6) is 0 Å². The van der Waals surface area contributed by atoms with Crippen molar-refractivity contribution in [2.75, 3.05) is 13.7 Å². The van der Waals surface area contributed by atoms with Gasteiger partial charge in [-0.2, -0.15) is 0 Å². The quantitative estimate of drug-likeness (QED) is 0.424. The van der Waals surface area contributed by atoms with E-state index in [2.05, 4.69) is 47.0 Å². The smallest absolute Gasteiger partial charge is 0.114 e. The first-order valence-corrected chi connectivity index (χ1v) is 9.24. The molecule has 0 bridgehead atoms. The van der Waals surface area contributed by atoms with Crippen LogP contribution >= 0.6 is 11.6 Å². The molecule has 0 radical (unpaired) electrons. The Morgan fingerprint density at radius 1 is 1.04 bits per heavy atom. The van der Waals surface area contributed by atoms with Crippen LogP contribution in [0.1, 0.15) is 17.8 Å². The molecule has 0 aliphatic heterocycles. The highest BCUT2D eigenvalue weighted by Gasteiger charge is 2.13. The van der Waals surface area contributed by atoms with Gasteiger partial charge in [-0.1, -0.05) is 54.1 Å². The zero-order valence-corrected chi connectivity index (χ0v) is 15.5. The Balaban J connectivity index is 1.78. The highest BCUT2D eigenvalue weighted by Crippen LogP contribution is 2.25. The SMILES string of the molecule is COCCCn1c(Cc2cccc3ccccc23)nc2ccc(Cl)cc21. The third kappa shape index (κ3) is 3.33. The molecule has 4 heteroatoms. The number of aryl methyl sites for hydroxylation is 1. The first kappa shape index (κ1) is 17.1. The molecule has 0 N–H and O–H groups in total. The van der Waals surface area contributed by atoms with Gasteiger partial charge < -0.3 is 9.30 Å². The van der Waals surface area contributed by atoms with Crippen molar-refractivity contribution < 1.29 is 4.74 Å². The second-order valence-corrected chi connectivity index (χ2v) is 6.91. The van der Waals surface area contributed by atoms with E-state index >= 15 is 0 Å². The van der Waals surface area contributed by atoms with Crippen LogP contribution in [0.2, 0.25) is 5.02 Å². The van der Waals surface area contributed by atoms with Crippen LogP contribution < -0.4 is 0 Å². The number of methoxy groups -OCH3 is 1. The van der Waals surface area contributed by atoms with Crippen molar-refractivity contribution in [3.8, 4) is 0 Å². The molecule has 0 fully saturated rings. The Kier molecular flexibility index (Phi) is 4.91. The summed E-state index contributed by atoms with van der Waals surface area (Å²) in [5.41, 5.74) is 3.36. The number of hydrogen-bond acceptors (Lipinski definition) is 2. The van der Waals surface area contributed by atoms with E-state index in [0.29, 0.717) is 0 Å². The molecule has 3 nitrogen and oxygen atoms in total. The van der Waals surface area contributed by atoms with Gasteiger partial charge in [0.15, 0.2) is 0 Å². The van der Waals surface area contributed by atoms with Gasteiger partial charge in [0, 0.05) is 31.7 Å². The topological polar surface area (TPSA) is 27.1 Å². The number of benzene rings is 3. The van der Waals surface area contributed by atoms with Gasteiger partial charge in [-0.05, 0) is 41.0 Å². The molecule has 0 unspecified atom stereocenters. The zero-order valence-electron chi connectivity index (χ0n) is 14.8. The fourth-order valence-corrected chi connectivity index (χ4v) is 3.68. The van der Waals surface area contributed by atoms with Crippen molar-refractivity contribution in [1.29, 1.82) is 0 Å². The van der Waals surface area contributed by atoms with Gasteiger partial charge in [0.05, 0.1) is 11.0 Å². The summed E-state index contributed by atoms with van der Waals surface area (Å²) < 4.78 is 7.51. The van der Waals surface area contributed by atoms with Gasteiger partial charge in [0.25, 0.3) is 0 Å². The van der Waals surface area contributed by atoms with Gasteiger partial charge in [0.2, 0.25) is 0 Å². The molecule has 0 amide bonds. The maximum absolute atomic E-state index is 6.23. The molecule has 4 aromatic rings. The van der Waals surface area contributed by atoms with E-state index in [1.807, 2.05) is 18.2 Å². The maximum Gasteiger partial charge on any atom is 0.114 e. The van der Waals surface area contributed by atoms with Crippen molar-refractivity contribution >= 4 is 33.4 Å². The van der Waals surface area contributed by atoms with Crippen LogP contribution in [0.15, 0.2) is 60.7 Å². The van der Waals surface area contributed by atoms with E-state index in [1.54, 1.807) is 7.11 Å². The summed E-state index contributed by atoms with van der Waals surface area (Å²) in [6, 6.07) is 20.9. The van der Waals surface area contributed by atoms with E-state index < -0.39 is 0 Å². The van der Waals surface area contributed by atoms with Crippen molar-refractivity contribution in [3.05, 3.63) is 77.1 Å². The molecule has 0 aliphatic carbocycles. The molecule has 0 spiro atoms. The van der Waals surface area contributed by atoms with Crippen LogP contribution in [0, 0.1) is 0 Å². The fraction of sp³-hybridized carbons (Fsp3) is 0.227. The van der Waals surface area contributed by atoms with Crippen LogP contribution in [0.25, 0.3) is 21.8 Å². The molecule has 132 valence electrons. The molecule has 1 aromatic heterocycles. The second-order valence-electron chi connectivity index (χ2n) is 6.47. The van der Waals surface area contributed by atoms with Crippen LogP contribution in [-0.2, 0) is 17.7 Å². The summed E-state index contributed by atoms with van der Waals surface area (Å²) >= 11 is 6.23. The van der Waals surface area contributed by atoms with E-state index in [9.17, 15) is 0 Å². The fourth-order valence-electron chi connectivity index (χ4n) is 3.51. The van der Waals surface area contributed by atoms with Gasteiger partial charge in [0.1, 0.15) is 5.82 Å². The summed E-state index contributed by atoms with van der Waals surface area (Å²) in [4.78, 5) is 4.90. The molecular weight excluding hydrogens is 344 g/mol. The number of rotatable bonds is 6. The third-order valence-corrected chi connectivity index (χ3v) is 4.98. The lowest BCUT2D eigenvalue weighted by atomic mass is 10.0. The molecule has 3 aromatic carbocycles. The number of ether oxygens (including phenoxy) is 1. The largest absolute Gasteiger partial charge is 0.385 e. The second kappa shape index (κ2) is 7.48. The molecule has 26 heavy (non-hydrogen) atoms. The minimum Gasteiger partial charge on any atom is -0.385 e. The number of hydrogen-bond donors (Lipinski definition) is 0. The maximum atomic E-state index is 6.23. The van der Waals surface area contributed by atoms with Crippen molar-refractivity contribution in [2.24, 2.45) is 0 Å². The normalized spacial score (nSPS) is 11.5. The van der Waals surface area contributed by atoms with Crippen LogP contribution in [0.3, 0.4) is 0 Å². The third-order valence-electron chi connectivity index (χ3n) is 4.75. The Morgan fingerprint density at radius 2 is 1.88 bits per heavy atom. The van der Waals surface area contributed by atoms with Gasteiger partial charge in [-0.25, -0.2) is 4.98 Å². The summed E-state index contributed by atoms with van der Waals surface area (Å²) in [7, 11) is 1.74. The minimum atomic E-state index is 0.730. The summed E-state index contributed by atoms with van der Waals surface area (Å²) in [5.74, 6) is 1.06. The number of halogens is 1. The van der Waals surface area contributed by atoms with E-state index in [-0.39, 0.29) is 0 Å². The summed E-state index contributed by atoms with van der Waals surface area (Å²) in [5, 5.41) is 3.28. The van der Waals surface area contributed by atoms with Gasteiger partial charge >= 0.3 is 0 Å². The average molecular weight is 365 g/mol. The number of aromatic nitrogens is 2.